The highest BCUT2D eigenvalue weighted by Gasteiger charge is 2.15. The zero-order valence-corrected chi connectivity index (χ0v) is 11.3. The zero-order valence-electron chi connectivity index (χ0n) is 10.5. The summed E-state index contributed by atoms with van der Waals surface area (Å²) < 4.78 is 3.15. The first-order valence-corrected chi connectivity index (χ1v) is 6.96. The van der Waals surface area contributed by atoms with Gasteiger partial charge in [-0.1, -0.05) is 6.07 Å². The lowest BCUT2D eigenvalue weighted by Gasteiger charge is -2.07. The van der Waals surface area contributed by atoms with Crippen LogP contribution in [0.15, 0.2) is 41.9 Å². The summed E-state index contributed by atoms with van der Waals surface area (Å²) in [7, 11) is 0. The van der Waals surface area contributed by atoms with Gasteiger partial charge in [-0.3, -0.25) is 4.79 Å². The minimum Gasteiger partial charge on any atom is -0.336 e. The van der Waals surface area contributed by atoms with Crippen LogP contribution in [0, 0.1) is 0 Å². The molecule has 0 unspecified atom stereocenters. The molecule has 0 spiro atoms. The summed E-state index contributed by atoms with van der Waals surface area (Å²) in [6, 6.07) is 9.42. The standard InChI is InChI=1S/C14H13N3OS/c1-2-17-10-6-8-19-12(10)9-11(17)14(18)16-13-5-3-4-7-15-13/h3-9H,2H2,1H3,(H,15,16,18). The fraction of sp³-hybridized carbons (Fsp3) is 0.143. The quantitative estimate of drug-likeness (QED) is 0.794. The first-order valence-electron chi connectivity index (χ1n) is 6.08. The highest BCUT2D eigenvalue weighted by molar-refractivity contribution is 7.17. The minimum atomic E-state index is -0.121. The fourth-order valence-electron chi connectivity index (χ4n) is 2.12. The van der Waals surface area contributed by atoms with Crippen molar-refractivity contribution >= 4 is 33.3 Å². The average Bonchev–Trinajstić information content (AvgIpc) is 2.99. The van der Waals surface area contributed by atoms with Crippen LogP contribution in [0.1, 0.15) is 17.4 Å². The van der Waals surface area contributed by atoms with Crippen LogP contribution in [-0.4, -0.2) is 15.5 Å². The number of hydrogen-bond donors (Lipinski definition) is 1. The van der Waals surface area contributed by atoms with Crippen molar-refractivity contribution in [2.24, 2.45) is 0 Å². The maximum absolute atomic E-state index is 12.3. The normalized spacial score (nSPS) is 10.8. The number of hydrogen-bond acceptors (Lipinski definition) is 3. The van der Waals surface area contributed by atoms with E-state index in [1.165, 1.54) is 0 Å². The Morgan fingerprint density at radius 2 is 2.32 bits per heavy atom. The van der Waals surface area contributed by atoms with Crippen LogP contribution in [0.3, 0.4) is 0 Å². The Hall–Kier alpha value is -2.14. The van der Waals surface area contributed by atoms with Crippen LogP contribution in [0.2, 0.25) is 0 Å². The topological polar surface area (TPSA) is 46.9 Å². The van der Waals surface area contributed by atoms with Gasteiger partial charge in [0, 0.05) is 12.7 Å². The molecule has 0 aliphatic rings. The van der Waals surface area contributed by atoms with E-state index in [4.69, 9.17) is 0 Å². The van der Waals surface area contributed by atoms with E-state index < -0.39 is 0 Å². The Bertz CT molecular complexity index is 715. The van der Waals surface area contributed by atoms with Crippen LogP contribution in [-0.2, 0) is 6.54 Å². The van der Waals surface area contributed by atoms with Gasteiger partial charge in [0.15, 0.2) is 0 Å². The van der Waals surface area contributed by atoms with Gasteiger partial charge in [-0.05, 0) is 36.6 Å². The van der Waals surface area contributed by atoms with Crippen LogP contribution in [0.4, 0.5) is 5.82 Å². The number of aromatic nitrogens is 2. The van der Waals surface area contributed by atoms with Gasteiger partial charge >= 0.3 is 0 Å². The fourth-order valence-corrected chi connectivity index (χ4v) is 2.95. The van der Waals surface area contributed by atoms with E-state index in [-0.39, 0.29) is 5.91 Å². The molecular weight excluding hydrogens is 258 g/mol. The van der Waals surface area contributed by atoms with Crippen LogP contribution < -0.4 is 5.32 Å². The molecule has 0 aliphatic carbocycles. The van der Waals surface area contributed by atoms with Crippen molar-refractivity contribution in [1.82, 2.24) is 9.55 Å². The number of amides is 1. The lowest BCUT2D eigenvalue weighted by Crippen LogP contribution is -2.17. The Labute approximate surface area is 114 Å². The van der Waals surface area contributed by atoms with Crippen molar-refractivity contribution in [1.29, 1.82) is 0 Å². The highest BCUT2D eigenvalue weighted by Crippen LogP contribution is 2.25. The summed E-state index contributed by atoms with van der Waals surface area (Å²) in [5.74, 6) is 0.448. The van der Waals surface area contributed by atoms with Crippen molar-refractivity contribution in [2.75, 3.05) is 5.32 Å². The van der Waals surface area contributed by atoms with Gasteiger partial charge in [-0.2, -0.15) is 0 Å². The van der Waals surface area contributed by atoms with E-state index in [2.05, 4.69) is 10.3 Å². The van der Waals surface area contributed by atoms with E-state index in [0.29, 0.717) is 11.5 Å². The molecule has 3 aromatic rings. The van der Waals surface area contributed by atoms with Crippen molar-refractivity contribution in [3.63, 3.8) is 0 Å². The molecule has 96 valence electrons. The number of rotatable bonds is 3. The van der Waals surface area contributed by atoms with Gasteiger partial charge in [0.2, 0.25) is 0 Å². The molecule has 0 saturated heterocycles. The molecule has 0 saturated carbocycles. The van der Waals surface area contributed by atoms with Crippen molar-refractivity contribution in [3.8, 4) is 0 Å². The number of pyridine rings is 1. The van der Waals surface area contributed by atoms with Crippen LogP contribution in [0.5, 0.6) is 0 Å². The molecule has 3 aromatic heterocycles. The summed E-state index contributed by atoms with van der Waals surface area (Å²) in [5, 5.41) is 4.86. The molecule has 3 rings (SSSR count). The third kappa shape index (κ3) is 2.13. The molecule has 0 bridgehead atoms. The van der Waals surface area contributed by atoms with Crippen LogP contribution >= 0.6 is 11.3 Å². The Kier molecular flexibility index (Phi) is 3.05. The number of nitrogens with one attached hydrogen (secondary N) is 1. The summed E-state index contributed by atoms with van der Waals surface area (Å²) in [4.78, 5) is 16.4. The number of thiophene rings is 1. The van der Waals surface area contributed by atoms with Gasteiger partial charge in [-0.25, -0.2) is 4.98 Å². The lowest BCUT2D eigenvalue weighted by molar-refractivity contribution is 0.101. The van der Waals surface area contributed by atoms with Crippen molar-refractivity contribution in [2.45, 2.75) is 13.5 Å². The number of fused-ring (bicyclic) bond motifs is 1. The molecule has 1 N–H and O–H groups in total. The Balaban J connectivity index is 1.95. The molecule has 5 heteroatoms. The molecule has 4 nitrogen and oxygen atoms in total. The third-order valence-electron chi connectivity index (χ3n) is 2.98. The smallest absolute Gasteiger partial charge is 0.273 e. The maximum Gasteiger partial charge on any atom is 0.273 e. The van der Waals surface area contributed by atoms with Crippen LogP contribution in [0.25, 0.3) is 10.2 Å². The zero-order chi connectivity index (χ0) is 13.2. The molecule has 0 aliphatic heterocycles. The molecular formula is C14H13N3OS. The number of aryl methyl sites for hydroxylation is 1. The predicted octanol–water partition coefficient (Wildman–Crippen LogP) is 3.37. The Morgan fingerprint density at radius 3 is 3.05 bits per heavy atom. The summed E-state index contributed by atoms with van der Waals surface area (Å²) in [6.45, 7) is 2.81. The molecule has 3 heterocycles. The molecule has 0 atom stereocenters. The van der Waals surface area contributed by atoms with Gasteiger partial charge in [0.1, 0.15) is 11.5 Å². The third-order valence-corrected chi connectivity index (χ3v) is 3.83. The number of carbonyl (C=O) groups is 1. The monoisotopic (exact) mass is 271 g/mol. The summed E-state index contributed by atoms with van der Waals surface area (Å²) in [5.41, 5.74) is 1.79. The maximum atomic E-state index is 12.3. The first kappa shape index (κ1) is 11.9. The van der Waals surface area contributed by atoms with E-state index in [1.807, 2.05) is 41.1 Å². The summed E-state index contributed by atoms with van der Waals surface area (Å²) in [6.07, 6.45) is 1.66. The lowest BCUT2D eigenvalue weighted by atomic mass is 10.4. The number of carbonyl (C=O) groups excluding carboxylic acids is 1. The molecule has 0 aromatic carbocycles. The SMILES string of the molecule is CCn1c(C(=O)Nc2ccccn2)cc2sccc21. The molecule has 0 radical (unpaired) electrons. The second-order valence-electron chi connectivity index (χ2n) is 4.11. The highest BCUT2D eigenvalue weighted by atomic mass is 32.1. The van der Waals surface area contributed by atoms with Gasteiger partial charge < -0.3 is 9.88 Å². The second-order valence-corrected chi connectivity index (χ2v) is 5.06. The minimum absolute atomic E-state index is 0.121. The molecule has 1 amide bonds. The van der Waals surface area contributed by atoms with Gasteiger partial charge in [-0.15, -0.1) is 11.3 Å². The van der Waals surface area contributed by atoms with E-state index in [1.54, 1.807) is 23.6 Å². The van der Waals surface area contributed by atoms with E-state index in [9.17, 15) is 4.79 Å². The molecule has 19 heavy (non-hydrogen) atoms. The second kappa shape index (κ2) is 4.85. The van der Waals surface area contributed by atoms with Gasteiger partial charge in [0.25, 0.3) is 5.91 Å². The number of nitrogens with zero attached hydrogens (tertiary/aromatic N) is 2. The Morgan fingerprint density at radius 1 is 1.42 bits per heavy atom. The number of anilines is 1. The van der Waals surface area contributed by atoms with Crippen molar-refractivity contribution < 1.29 is 4.79 Å². The molecule has 0 fully saturated rings. The predicted molar refractivity (Wildman–Crippen MR) is 77.7 cm³/mol. The van der Waals surface area contributed by atoms with E-state index in [0.717, 1.165) is 16.8 Å². The van der Waals surface area contributed by atoms with Gasteiger partial charge in [0.05, 0.1) is 10.2 Å². The summed E-state index contributed by atoms with van der Waals surface area (Å²) >= 11 is 1.64. The van der Waals surface area contributed by atoms with E-state index >= 15 is 0 Å². The largest absolute Gasteiger partial charge is 0.336 e. The first-order chi connectivity index (χ1) is 9.29. The van der Waals surface area contributed by atoms with Crippen molar-refractivity contribution in [3.05, 3.63) is 47.6 Å². The average molecular weight is 271 g/mol.